The van der Waals surface area contributed by atoms with Gasteiger partial charge in [0.15, 0.2) is 11.5 Å². The summed E-state index contributed by atoms with van der Waals surface area (Å²) in [7, 11) is 1.69. The molecule has 0 aromatic heterocycles. The summed E-state index contributed by atoms with van der Waals surface area (Å²) >= 11 is 0. The third kappa shape index (κ3) is 1.77. The number of aliphatic hydroxyl groups is 2. The highest BCUT2D eigenvalue weighted by molar-refractivity contribution is 5.53. The molecule has 5 atom stereocenters. The topological polar surface area (TPSA) is 71.4 Å². The van der Waals surface area contributed by atoms with Gasteiger partial charge in [0, 0.05) is 32.2 Å². The molecule has 0 bridgehead atoms. The third-order valence-electron chi connectivity index (χ3n) is 5.58. The van der Waals surface area contributed by atoms with E-state index in [-0.39, 0.29) is 24.9 Å². The van der Waals surface area contributed by atoms with E-state index in [1.54, 1.807) is 13.2 Å². The maximum absolute atomic E-state index is 10.7. The maximum atomic E-state index is 10.7. The lowest BCUT2D eigenvalue weighted by Crippen LogP contribution is -2.50. The Labute approximate surface area is 133 Å². The fourth-order valence-electron chi connectivity index (χ4n) is 4.56. The first-order valence-corrected chi connectivity index (χ1v) is 7.94. The van der Waals surface area contributed by atoms with Gasteiger partial charge in [0.1, 0.15) is 0 Å². The maximum Gasteiger partial charge on any atom is 0.231 e. The van der Waals surface area contributed by atoms with Crippen molar-refractivity contribution in [2.75, 3.05) is 20.4 Å². The standard InChI is InChI=1S/C17H19NO5/c1-21-14-6-18-5-8-2-12-13(23-7-22-12)4-9(8)15-16(18)10(14)3-11(19)17(15)20/h2-4,11,14-17,19-20H,5-7H2,1H3/t11-,14+,15-,16+,17+/m0/s1. The number of rotatable bonds is 1. The highest BCUT2D eigenvalue weighted by Crippen LogP contribution is 2.50. The molecule has 0 spiro atoms. The highest BCUT2D eigenvalue weighted by atomic mass is 16.7. The minimum Gasteiger partial charge on any atom is -0.454 e. The van der Waals surface area contributed by atoms with Gasteiger partial charge in [-0.3, -0.25) is 4.90 Å². The molecular formula is C17H19NO5. The predicted molar refractivity (Wildman–Crippen MR) is 80.4 cm³/mol. The molecule has 3 aliphatic heterocycles. The summed E-state index contributed by atoms with van der Waals surface area (Å²) in [5.74, 6) is 1.30. The van der Waals surface area contributed by atoms with Gasteiger partial charge in [0.05, 0.1) is 18.3 Å². The van der Waals surface area contributed by atoms with E-state index in [4.69, 9.17) is 14.2 Å². The van der Waals surface area contributed by atoms with Crippen molar-refractivity contribution < 1.29 is 24.4 Å². The largest absolute Gasteiger partial charge is 0.454 e. The number of aliphatic hydroxyl groups excluding tert-OH is 2. The monoisotopic (exact) mass is 317 g/mol. The van der Waals surface area contributed by atoms with Crippen molar-refractivity contribution in [2.45, 2.75) is 36.8 Å². The molecule has 0 amide bonds. The van der Waals surface area contributed by atoms with Crippen LogP contribution in [0.4, 0.5) is 0 Å². The molecule has 6 nitrogen and oxygen atoms in total. The van der Waals surface area contributed by atoms with Gasteiger partial charge in [0.2, 0.25) is 6.79 Å². The van der Waals surface area contributed by atoms with Crippen LogP contribution in [0.1, 0.15) is 17.0 Å². The molecule has 122 valence electrons. The number of hydrogen-bond donors (Lipinski definition) is 2. The van der Waals surface area contributed by atoms with Crippen LogP contribution in [0.15, 0.2) is 23.8 Å². The molecule has 1 fully saturated rings. The quantitative estimate of drug-likeness (QED) is 0.730. The Balaban J connectivity index is 1.67. The third-order valence-corrected chi connectivity index (χ3v) is 5.58. The van der Waals surface area contributed by atoms with E-state index in [0.717, 1.165) is 41.3 Å². The molecular weight excluding hydrogens is 298 g/mol. The van der Waals surface area contributed by atoms with Crippen LogP contribution in [0.5, 0.6) is 11.5 Å². The number of benzene rings is 1. The van der Waals surface area contributed by atoms with Gasteiger partial charge in [-0.15, -0.1) is 0 Å². The van der Waals surface area contributed by atoms with Crippen LogP contribution < -0.4 is 9.47 Å². The van der Waals surface area contributed by atoms with Crippen LogP contribution in [0.3, 0.4) is 0 Å². The minimum atomic E-state index is -0.875. The van der Waals surface area contributed by atoms with Crippen molar-refractivity contribution >= 4 is 0 Å². The van der Waals surface area contributed by atoms with E-state index in [9.17, 15) is 10.2 Å². The van der Waals surface area contributed by atoms with Crippen molar-refractivity contribution in [1.29, 1.82) is 0 Å². The van der Waals surface area contributed by atoms with E-state index >= 15 is 0 Å². The van der Waals surface area contributed by atoms with E-state index < -0.39 is 12.2 Å². The fourth-order valence-corrected chi connectivity index (χ4v) is 4.56. The summed E-state index contributed by atoms with van der Waals surface area (Å²) in [6, 6.07) is 4.05. The van der Waals surface area contributed by atoms with Crippen molar-refractivity contribution in [3.05, 3.63) is 34.9 Å². The zero-order valence-corrected chi connectivity index (χ0v) is 12.8. The molecule has 23 heavy (non-hydrogen) atoms. The molecule has 1 aromatic carbocycles. The predicted octanol–water partition coefficient (Wildman–Crippen LogP) is 0.373. The van der Waals surface area contributed by atoms with Gasteiger partial charge in [-0.25, -0.2) is 0 Å². The molecule has 2 N–H and O–H groups in total. The van der Waals surface area contributed by atoms with E-state index in [1.165, 1.54) is 0 Å². The second-order valence-electron chi connectivity index (χ2n) is 6.68. The van der Waals surface area contributed by atoms with Crippen molar-refractivity contribution in [3.8, 4) is 11.5 Å². The molecule has 1 aromatic rings. The SMILES string of the molecule is CO[C@@H]1CN2Cc3cc4c(cc3[C@@H]3[C@H](O)[C@@H](O)C=C1[C@H]32)OCO4. The zero-order valence-electron chi connectivity index (χ0n) is 12.8. The lowest BCUT2D eigenvalue weighted by molar-refractivity contribution is -0.00159. The Morgan fingerprint density at radius 3 is 2.78 bits per heavy atom. The van der Waals surface area contributed by atoms with Crippen molar-refractivity contribution in [1.82, 2.24) is 4.90 Å². The molecule has 5 rings (SSSR count). The Kier molecular flexibility index (Phi) is 2.82. The Bertz CT molecular complexity index is 702. The number of methoxy groups -OCH3 is 1. The van der Waals surface area contributed by atoms with Crippen molar-refractivity contribution in [2.24, 2.45) is 0 Å². The highest BCUT2D eigenvalue weighted by Gasteiger charge is 2.52. The first-order valence-electron chi connectivity index (χ1n) is 7.94. The lowest BCUT2D eigenvalue weighted by atomic mass is 9.73. The molecule has 1 aliphatic carbocycles. The van der Waals surface area contributed by atoms with E-state index in [0.29, 0.717) is 0 Å². The number of nitrogens with zero attached hydrogens (tertiary/aromatic N) is 1. The molecule has 3 heterocycles. The summed E-state index contributed by atoms with van der Waals surface area (Å²) in [6.07, 6.45) is 0.0395. The summed E-state index contributed by atoms with van der Waals surface area (Å²) < 4.78 is 16.6. The Morgan fingerprint density at radius 1 is 1.22 bits per heavy atom. The summed E-state index contributed by atoms with van der Waals surface area (Å²) in [6.45, 7) is 1.79. The Hall–Kier alpha value is -1.60. The zero-order chi connectivity index (χ0) is 15.7. The van der Waals surface area contributed by atoms with Crippen LogP contribution in [-0.2, 0) is 11.3 Å². The smallest absolute Gasteiger partial charge is 0.231 e. The second kappa shape index (κ2) is 4.70. The lowest BCUT2D eigenvalue weighted by Gasteiger charge is -2.44. The average Bonchev–Trinajstić information content (AvgIpc) is 3.13. The van der Waals surface area contributed by atoms with Crippen LogP contribution in [0.2, 0.25) is 0 Å². The minimum absolute atomic E-state index is 0.0293. The van der Waals surface area contributed by atoms with E-state index in [1.807, 2.05) is 12.1 Å². The normalized spacial score (nSPS) is 37.3. The van der Waals surface area contributed by atoms with Crippen LogP contribution in [0, 0.1) is 0 Å². The molecule has 1 saturated heterocycles. The molecule has 0 saturated carbocycles. The summed E-state index contributed by atoms with van der Waals surface area (Å²) in [4.78, 5) is 2.32. The number of hydrogen-bond acceptors (Lipinski definition) is 6. The van der Waals surface area contributed by atoms with Gasteiger partial charge >= 0.3 is 0 Å². The summed E-state index contributed by atoms with van der Waals surface area (Å²) in [5.41, 5.74) is 3.25. The number of ether oxygens (including phenoxy) is 3. The van der Waals surface area contributed by atoms with Crippen LogP contribution >= 0.6 is 0 Å². The summed E-state index contributed by atoms with van der Waals surface area (Å²) in [5, 5.41) is 21.0. The fraction of sp³-hybridized carbons (Fsp3) is 0.529. The van der Waals surface area contributed by atoms with Crippen LogP contribution in [-0.4, -0.2) is 59.9 Å². The molecule has 0 radical (unpaired) electrons. The van der Waals surface area contributed by atoms with Crippen LogP contribution in [0.25, 0.3) is 0 Å². The van der Waals surface area contributed by atoms with Gasteiger partial charge < -0.3 is 24.4 Å². The molecule has 4 aliphatic rings. The van der Waals surface area contributed by atoms with Gasteiger partial charge in [-0.05, 0) is 28.8 Å². The van der Waals surface area contributed by atoms with Crippen molar-refractivity contribution in [3.63, 3.8) is 0 Å². The first-order chi connectivity index (χ1) is 11.2. The average molecular weight is 317 g/mol. The van der Waals surface area contributed by atoms with Gasteiger partial charge in [-0.2, -0.15) is 0 Å². The molecule has 6 heteroatoms. The first kappa shape index (κ1) is 13.8. The Morgan fingerprint density at radius 2 is 2.00 bits per heavy atom. The van der Waals surface area contributed by atoms with Gasteiger partial charge in [-0.1, -0.05) is 6.08 Å². The van der Waals surface area contributed by atoms with Gasteiger partial charge in [0.25, 0.3) is 0 Å². The number of fused-ring (bicyclic) bond motifs is 3. The second-order valence-corrected chi connectivity index (χ2v) is 6.68. The molecule has 0 unspecified atom stereocenters. The van der Waals surface area contributed by atoms with E-state index in [2.05, 4.69) is 4.90 Å².